The molecule has 0 atom stereocenters. The Morgan fingerprint density at radius 1 is 1.27 bits per heavy atom. The quantitative estimate of drug-likeness (QED) is 0.865. The number of nitrogen functional groups attached to an aromatic ring is 1. The number of carbonyl (C=O) groups is 1. The van der Waals surface area contributed by atoms with Gasteiger partial charge >= 0.3 is 0 Å². The van der Waals surface area contributed by atoms with Crippen molar-refractivity contribution in [2.45, 2.75) is 31.4 Å². The van der Waals surface area contributed by atoms with Gasteiger partial charge in [0.05, 0.1) is 31.7 Å². The number of carbonyl (C=O) groups excluding carboxylic acids is 1. The largest absolute Gasteiger partial charge is 0.384 e. The Hall–Kier alpha value is -2.26. The van der Waals surface area contributed by atoms with Crippen molar-refractivity contribution < 1.29 is 9.53 Å². The van der Waals surface area contributed by atoms with Gasteiger partial charge in [-0.25, -0.2) is 9.97 Å². The first-order valence-corrected chi connectivity index (χ1v) is 9.65. The number of piperidine rings is 1. The van der Waals surface area contributed by atoms with Crippen LogP contribution in [0.2, 0.25) is 0 Å². The predicted octanol–water partition coefficient (Wildman–Crippen LogP) is 1.30. The van der Waals surface area contributed by atoms with Gasteiger partial charge in [0.1, 0.15) is 10.8 Å². The van der Waals surface area contributed by atoms with E-state index in [1.54, 1.807) is 29.8 Å². The standard InChI is InChI=1S/C17H22N6O2S/c18-13-1-5-20-16(21-13)22-7-3-17(4-8-22)12-23(15(24)2-9-25-17)11-14-19-6-10-26-14/h1,5-6,10H,2-4,7-9,11-12H2,(H2,18,20,21). The van der Waals surface area contributed by atoms with E-state index in [0.29, 0.717) is 37.9 Å². The average Bonchev–Trinajstić information content (AvgIpc) is 3.10. The van der Waals surface area contributed by atoms with E-state index in [9.17, 15) is 4.79 Å². The van der Waals surface area contributed by atoms with Crippen LogP contribution >= 0.6 is 11.3 Å². The summed E-state index contributed by atoms with van der Waals surface area (Å²) in [6, 6.07) is 1.69. The molecule has 9 heteroatoms. The van der Waals surface area contributed by atoms with Crippen LogP contribution in [0, 0.1) is 0 Å². The Bertz CT molecular complexity index is 760. The molecule has 2 fully saturated rings. The first-order valence-electron chi connectivity index (χ1n) is 8.77. The van der Waals surface area contributed by atoms with Crippen LogP contribution in [0.1, 0.15) is 24.3 Å². The normalized spacial score (nSPS) is 20.4. The van der Waals surface area contributed by atoms with Crippen LogP contribution in [-0.2, 0) is 16.1 Å². The van der Waals surface area contributed by atoms with Gasteiger partial charge in [-0.2, -0.15) is 4.98 Å². The van der Waals surface area contributed by atoms with Crippen LogP contribution in [0.3, 0.4) is 0 Å². The smallest absolute Gasteiger partial charge is 0.227 e. The zero-order valence-corrected chi connectivity index (χ0v) is 15.3. The van der Waals surface area contributed by atoms with Gasteiger partial charge < -0.3 is 20.3 Å². The van der Waals surface area contributed by atoms with Crippen LogP contribution < -0.4 is 10.6 Å². The Kier molecular flexibility index (Phi) is 4.73. The number of aromatic nitrogens is 3. The molecule has 2 aromatic heterocycles. The lowest BCUT2D eigenvalue weighted by Crippen LogP contribution is -2.52. The summed E-state index contributed by atoms with van der Waals surface area (Å²) in [6.07, 6.45) is 5.53. The summed E-state index contributed by atoms with van der Waals surface area (Å²) in [5, 5.41) is 2.90. The van der Waals surface area contributed by atoms with Gasteiger partial charge in [-0.05, 0) is 18.9 Å². The maximum Gasteiger partial charge on any atom is 0.227 e. The third kappa shape index (κ3) is 3.63. The van der Waals surface area contributed by atoms with E-state index < -0.39 is 0 Å². The summed E-state index contributed by atoms with van der Waals surface area (Å²) in [5.74, 6) is 1.27. The highest BCUT2D eigenvalue weighted by atomic mass is 32.1. The van der Waals surface area contributed by atoms with Crippen LogP contribution in [0.5, 0.6) is 0 Å². The van der Waals surface area contributed by atoms with Gasteiger partial charge in [0.25, 0.3) is 0 Å². The van der Waals surface area contributed by atoms with Gasteiger partial charge in [-0.3, -0.25) is 4.79 Å². The van der Waals surface area contributed by atoms with Crippen molar-refractivity contribution in [2.75, 3.05) is 36.9 Å². The van der Waals surface area contributed by atoms with Crippen molar-refractivity contribution in [1.29, 1.82) is 0 Å². The molecule has 0 aliphatic carbocycles. The monoisotopic (exact) mass is 374 g/mol. The van der Waals surface area contributed by atoms with E-state index >= 15 is 0 Å². The maximum absolute atomic E-state index is 12.5. The molecule has 2 N–H and O–H groups in total. The second-order valence-corrected chi connectivity index (χ2v) is 7.70. The number of nitrogens with two attached hydrogens (primary N) is 1. The first kappa shape index (κ1) is 17.2. The zero-order valence-electron chi connectivity index (χ0n) is 14.5. The van der Waals surface area contributed by atoms with Crippen molar-refractivity contribution in [2.24, 2.45) is 0 Å². The molecule has 2 aliphatic rings. The number of amides is 1. The number of rotatable bonds is 3. The molecule has 0 aromatic carbocycles. The molecule has 1 amide bonds. The van der Waals surface area contributed by atoms with E-state index in [1.165, 1.54) is 0 Å². The van der Waals surface area contributed by atoms with E-state index in [4.69, 9.17) is 10.5 Å². The number of nitrogens with zero attached hydrogens (tertiary/aromatic N) is 5. The molecule has 0 unspecified atom stereocenters. The van der Waals surface area contributed by atoms with Gasteiger partial charge in [0, 0.05) is 30.9 Å². The summed E-state index contributed by atoms with van der Waals surface area (Å²) < 4.78 is 6.19. The van der Waals surface area contributed by atoms with Crippen molar-refractivity contribution in [3.8, 4) is 0 Å². The van der Waals surface area contributed by atoms with Gasteiger partial charge in [0.2, 0.25) is 11.9 Å². The molecule has 0 bridgehead atoms. The number of anilines is 2. The maximum atomic E-state index is 12.5. The number of hydrogen-bond donors (Lipinski definition) is 1. The van der Waals surface area contributed by atoms with Crippen molar-refractivity contribution in [3.63, 3.8) is 0 Å². The van der Waals surface area contributed by atoms with Crippen LogP contribution in [-0.4, -0.2) is 57.6 Å². The molecule has 2 aliphatic heterocycles. The lowest BCUT2D eigenvalue weighted by molar-refractivity contribution is -0.132. The fraction of sp³-hybridized carbons (Fsp3) is 0.529. The Morgan fingerprint density at radius 3 is 2.85 bits per heavy atom. The van der Waals surface area contributed by atoms with Crippen LogP contribution in [0.25, 0.3) is 0 Å². The molecule has 0 radical (unpaired) electrons. The molecule has 0 saturated carbocycles. The van der Waals surface area contributed by atoms with Crippen molar-refractivity contribution >= 4 is 29.0 Å². The summed E-state index contributed by atoms with van der Waals surface area (Å²) >= 11 is 1.58. The fourth-order valence-electron chi connectivity index (χ4n) is 3.56. The van der Waals surface area contributed by atoms with Gasteiger partial charge in [-0.1, -0.05) is 0 Å². The highest BCUT2D eigenvalue weighted by Gasteiger charge is 2.41. The van der Waals surface area contributed by atoms with Gasteiger partial charge in [0.15, 0.2) is 0 Å². The highest BCUT2D eigenvalue weighted by molar-refractivity contribution is 7.09. The van der Waals surface area contributed by atoms with Crippen molar-refractivity contribution in [1.82, 2.24) is 19.9 Å². The summed E-state index contributed by atoms with van der Waals surface area (Å²) in [4.78, 5) is 29.4. The molecule has 2 saturated heterocycles. The topological polar surface area (TPSA) is 97.5 Å². The summed E-state index contributed by atoms with van der Waals surface area (Å²) in [7, 11) is 0. The SMILES string of the molecule is Nc1ccnc(N2CCC3(CC2)CN(Cc2nccs2)C(=O)CCO3)n1. The average molecular weight is 374 g/mol. The fourth-order valence-corrected chi connectivity index (χ4v) is 4.19. The first-order chi connectivity index (χ1) is 12.6. The molecule has 4 rings (SSSR count). The molecular weight excluding hydrogens is 352 g/mol. The summed E-state index contributed by atoms with van der Waals surface area (Å²) in [6.45, 7) is 3.20. The second-order valence-electron chi connectivity index (χ2n) is 6.73. The highest BCUT2D eigenvalue weighted by Crippen LogP contribution is 2.32. The minimum absolute atomic E-state index is 0.138. The van der Waals surface area contributed by atoms with E-state index in [-0.39, 0.29) is 11.5 Å². The van der Waals surface area contributed by atoms with E-state index in [0.717, 1.165) is 30.9 Å². The third-order valence-electron chi connectivity index (χ3n) is 4.99. The summed E-state index contributed by atoms with van der Waals surface area (Å²) in [5.41, 5.74) is 5.46. The molecule has 138 valence electrons. The molecule has 8 nitrogen and oxygen atoms in total. The second kappa shape index (κ2) is 7.16. The van der Waals surface area contributed by atoms with Crippen molar-refractivity contribution in [3.05, 3.63) is 28.8 Å². The van der Waals surface area contributed by atoms with Crippen LogP contribution in [0.15, 0.2) is 23.8 Å². The number of thiazole rings is 1. The predicted molar refractivity (Wildman–Crippen MR) is 98.7 cm³/mol. The molecule has 1 spiro atoms. The van der Waals surface area contributed by atoms with E-state index in [2.05, 4.69) is 19.9 Å². The Balaban J connectivity index is 1.45. The lowest BCUT2D eigenvalue weighted by Gasteiger charge is -2.42. The van der Waals surface area contributed by atoms with E-state index in [1.807, 2.05) is 10.3 Å². The molecular formula is C17H22N6O2S. The minimum atomic E-state index is -0.305. The van der Waals surface area contributed by atoms with Crippen LogP contribution in [0.4, 0.5) is 11.8 Å². The third-order valence-corrected chi connectivity index (χ3v) is 5.75. The molecule has 4 heterocycles. The molecule has 2 aromatic rings. The number of ether oxygens (including phenoxy) is 1. The Labute approximate surface area is 156 Å². The Morgan fingerprint density at radius 2 is 2.12 bits per heavy atom. The minimum Gasteiger partial charge on any atom is -0.384 e. The zero-order chi connectivity index (χ0) is 18.0. The van der Waals surface area contributed by atoms with Gasteiger partial charge in [-0.15, -0.1) is 11.3 Å². The number of hydrogen-bond acceptors (Lipinski definition) is 8. The molecule has 26 heavy (non-hydrogen) atoms. The lowest BCUT2D eigenvalue weighted by atomic mass is 9.90.